The summed E-state index contributed by atoms with van der Waals surface area (Å²) in [6.45, 7) is 0.463. The van der Waals surface area contributed by atoms with E-state index < -0.39 is 5.91 Å². The Morgan fingerprint density at radius 1 is 0.906 bits per heavy atom. The lowest BCUT2D eigenvalue weighted by Crippen LogP contribution is -2.21. The van der Waals surface area contributed by atoms with Crippen molar-refractivity contribution < 1.29 is 14.3 Å². The number of benzene rings is 3. The van der Waals surface area contributed by atoms with Gasteiger partial charge in [0.1, 0.15) is 29.7 Å². The molecule has 0 aliphatic carbocycles. The zero-order valence-corrected chi connectivity index (χ0v) is 18.0. The third kappa shape index (κ3) is 6.26. The predicted molar refractivity (Wildman–Crippen MR) is 126 cm³/mol. The Hall–Kier alpha value is -3.97. The molecule has 3 aromatic carbocycles. The first-order valence-electron chi connectivity index (χ1n) is 9.78. The number of anilines is 1. The van der Waals surface area contributed by atoms with Crippen molar-refractivity contribution in [1.82, 2.24) is 9.97 Å². The van der Waals surface area contributed by atoms with Crippen LogP contribution in [-0.2, 0) is 11.4 Å². The third-order valence-electron chi connectivity index (χ3n) is 4.47. The van der Waals surface area contributed by atoms with Gasteiger partial charge in [-0.15, -0.1) is 12.4 Å². The van der Waals surface area contributed by atoms with Crippen LogP contribution in [0.5, 0.6) is 17.2 Å². The van der Waals surface area contributed by atoms with Gasteiger partial charge >= 0.3 is 0 Å². The van der Waals surface area contributed by atoms with Crippen molar-refractivity contribution in [2.75, 3.05) is 11.9 Å². The maximum atomic E-state index is 10.8. The van der Waals surface area contributed by atoms with Crippen LogP contribution in [0.2, 0.25) is 0 Å². The van der Waals surface area contributed by atoms with Crippen LogP contribution in [0.3, 0.4) is 0 Å². The first-order chi connectivity index (χ1) is 15.2. The molecular formula is C24H23ClN4O3. The molecule has 0 bridgehead atoms. The minimum absolute atomic E-state index is 0. The number of amides is 1. The number of para-hydroxylation sites is 1. The second-order valence-electron chi connectivity index (χ2n) is 6.82. The second kappa shape index (κ2) is 10.9. The summed E-state index contributed by atoms with van der Waals surface area (Å²) in [5, 5.41) is 2.93. The monoisotopic (exact) mass is 450 g/mol. The second-order valence-corrected chi connectivity index (χ2v) is 6.82. The molecule has 0 fully saturated rings. The molecule has 1 heterocycles. The number of nitrogens with one attached hydrogen (secondary N) is 2. The fourth-order valence-electron chi connectivity index (χ4n) is 2.92. The van der Waals surface area contributed by atoms with E-state index in [1.165, 1.54) is 0 Å². The average Bonchev–Trinajstić information content (AvgIpc) is 3.27. The molecule has 0 spiro atoms. The summed E-state index contributed by atoms with van der Waals surface area (Å²) in [5.74, 6) is 2.56. The van der Waals surface area contributed by atoms with Crippen molar-refractivity contribution in [2.24, 2.45) is 5.73 Å². The summed E-state index contributed by atoms with van der Waals surface area (Å²) in [6, 6.07) is 24.7. The molecular weight excluding hydrogens is 428 g/mol. The molecule has 8 heteroatoms. The summed E-state index contributed by atoms with van der Waals surface area (Å²) >= 11 is 0. The lowest BCUT2D eigenvalue weighted by Gasteiger charge is -2.08. The summed E-state index contributed by atoms with van der Waals surface area (Å²) in [6.07, 6.45) is 1.79. The van der Waals surface area contributed by atoms with E-state index in [0.29, 0.717) is 18.1 Å². The highest BCUT2D eigenvalue weighted by molar-refractivity contribution is 5.85. The molecule has 0 unspecified atom stereocenters. The largest absolute Gasteiger partial charge is 0.486 e. The Morgan fingerprint density at radius 3 is 2.22 bits per heavy atom. The minimum Gasteiger partial charge on any atom is -0.486 e. The molecule has 0 saturated carbocycles. The van der Waals surface area contributed by atoms with Gasteiger partial charge in [0.15, 0.2) is 0 Å². The number of ether oxygens (including phenoxy) is 2. The highest BCUT2D eigenvalue weighted by Crippen LogP contribution is 2.26. The van der Waals surface area contributed by atoms with Gasteiger partial charge in [-0.3, -0.25) is 4.79 Å². The Kier molecular flexibility index (Phi) is 7.72. The van der Waals surface area contributed by atoms with Crippen molar-refractivity contribution in [1.29, 1.82) is 0 Å². The lowest BCUT2D eigenvalue weighted by molar-refractivity contribution is -0.116. The van der Waals surface area contributed by atoms with Crippen LogP contribution < -0.4 is 20.5 Å². The Morgan fingerprint density at radius 2 is 1.56 bits per heavy atom. The maximum absolute atomic E-state index is 10.8. The first-order valence-corrected chi connectivity index (χ1v) is 9.78. The van der Waals surface area contributed by atoms with E-state index in [1.54, 1.807) is 6.20 Å². The van der Waals surface area contributed by atoms with E-state index in [1.807, 2.05) is 78.9 Å². The smallest absolute Gasteiger partial charge is 0.236 e. The number of imidazole rings is 1. The van der Waals surface area contributed by atoms with Crippen molar-refractivity contribution >= 4 is 24.0 Å². The van der Waals surface area contributed by atoms with Gasteiger partial charge < -0.3 is 25.5 Å². The topological polar surface area (TPSA) is 102 Å². The number of halogens is 1. The van der Waals surface area contributed by atoms with Crippen molar-refractivity contribution in [3.8, 4) is 28.5 Å². The Bertz CT molecular complexity index is 1130. The molecule has 0 radical (unpaired) electrons. The zero-order chi connectivity index (χ0) is 21.5. The Labute approximate surface area is 192 Å². The molecule has 0 aliphatic heterocycles. The number of carbonyl (C=O) groups is 1. The van der Waals surface area contributed by atoms with E-state index >= 15 is 0 Å². The van der Waals surface area contributed by atoms with E-state index in [2.05, 4.69) is 15.3 Å². The molecule has 0 atom stereocenters. The quantitative estimate of drug-likeness (QED) is 0.341. The van der Waals surface area contributed by atoms with Crippen LogP contribution in [0.1, 0.15) is 5.82 Å². The van der Waals surface area contributed by atoms with Gasteiger partial charge in [0.25, 0.3) is 0 Å². The molecule has 0 aliphatic rings. The molecule has 164 valence electrons. The number of aromatic amines is 1. The highest BCUT2D eigenvalue weighted by Gasteiger charge is 2.06. The molecule has 4 N–H and O–H groups in total. The summed E-state index contributed by atoms with van der Waals surface area (Å²) in [5.41, 5.74) is 7.83. The van der Waals surface area contributed by atoms with Crippen LogP contribution in [0.4, 0.5) is 5.69 Å². The van der Waals surface area contributed by atoms with Crippen LogP contribution in [0.25, 0.3) is 11.3 Å². The van der Waals surface area contributed by atoms with Gasteiger partial charge in [0.2, 0.25) is 5.91 Å². The molecule has 32 heavy (non-hydrogen) atoms. The molecule has 0 saturated heterocycles. The summed E-state index contributed by atoms with van der Waals surface area (Å²) in [7, 11) is 0. The Balaban J connectivity index is 0.00000289. The number of carbonyl (C=O) groups excluding carboxylic acids is 1. The van der Waals surface area contributed by atoms with Gasteiger partial charge in [-0.05, 0) is 66.2 Å². The van der Waals surface area contributed by atoms with Crippen molar-refractivity contribution in [3.05, 3.63) is 90.9 Å². The molecule has 1 aromatic heterocycles. The number of H-pyrrole nitrogens is 1. The van der Waals surface area contributed by atoms with Crippen LogP contribution >= 0.6 is 12.4 Å². The first kappa shape index (κ1) is 22.7. The van der Waals surface area contributed by atoms with Crippen molar-refractivity contribution in [2.45, 2.75) is 6.61 Å². The molecule has 1 amide bonds. The number of nitrogens with zero attached hydrogens (tertiary/aromatic N) is 1. The van der Waals surface area contributed by atoms with Gasteiger partial charge in [0, 0.05) is 5.69 Å². The summed E-state index contributed by atoms with van der Waals surface area (Å²) < 4.78 is 11.6. The number of nitrogens with two attached hydrogens (primary N) is 1. The predicted octanol–water partition coefficient (Wildman–Crippen LogP) is 4.77. The zero-order valence-electron chi connectivity index (χ0n) is 17.2. The SMILES string of the molecule is Cl.NC(=O)CNc1ccc(Oc2ccc(-c3cnc(COc4ccccc4)[nH]3)cc2)cc1. The van der Waals surface area contributed by atoms with Gasteiger partial charge in [-0.1, -0.05) is 18.2 Å². The highest BCUT2D eigenvalue weighted by atomic mass is 35.5. The van der Waals surface area contributed by atoms with Gasteiger partial charge in [-0.2, -0.15) is 0 Å². The molecule has 7 nitrogen and oxygen atoms in total. The standard InChI is InChI=1S/C24H22N4O3.ClH/c25-23(29)15-26-18-8-12-21(13-9-18)31-20-10-6-17(7-11-20)22-14-27-24(28-22)16-30-19-4-2-1-3-5-19;/h1-14,26H,15-16H2,(H2,25,29)(H,27,28);1H. The average molecular weight is 451 g/mol. The van der Waals surface area contributed by atoms with Crippen molar-refractivity contribution in [3.63, 3.8) is 0 Å². The lowest BCUT2D eigenvalue weighted by atomic mass is 10.1. The molecule has 4 aromatic rings. The number of aromatic nitrogens is 2. The van der Waals surface area contributed by atoms with E-state index in [0.717, 1.165) is 28.5 Å². The third-order valence-corrected chi connectivity index (χ3v) is 4.47. The summed E-state index contributed by atoms with van der Waals surface area (Å²) in [4.78, 5) is 18.5. The molecule has 4 rings (SSSR count). The van der Waals surface area contributed by atoms with E-state index in [4.69, 9.17) is 15.2 Å². The number of primary amides is 1. The van der Waals surface area contributed by atoms with Gasteiger partial charge in [-0.25, -0.2) is 4.98 Å². The van der Waals surface area contributed by atoms with Crippen LogP contribution in [-0.4, -0.2) is 22.4 Å². The van der Waals surface area contributed by atoms with E-state index in [9.17, 15) is 4.79 Å². The van der Waals surface area contributed by atoms with Gasteiger partial charge in [0.05, 0.1) is 18.4 Å². The number of rotatable bonds is 9. The van der Waals surface area contributed by atoms with Crippen LogP contribution in [0, 0.1) is 0 Å². The fourth-order valence-corrected chi connectivity index (χ4v) is 2.92. The normalized spacial score (nSPS) is 10.1. The number of hydrogen-bond donors (Lipinski definition) is 3. The van der Waals surface area contributed by atoms with Crippen LogP contribution in [0.15, 0.2) is 85.1 Å². The fraction of sp³-hybridized carbons (Fsp3) is 0.0833. The minimum atomic E-state index is -0.409. The van der Waals surface area contributed by atoms with E-state index in [-0.39, 0.29) is 19.0 Å². The maximum Gasteiger partial charge on any atom is 0.236 e. The number of hydrogen-bond acceptors (Lipinski definition) is 5.